The van der Waals surface area contributed by atoms with E-state index in [1.165, 1.54) is 6.92 Å². The van der Waals surface area contributed by atoms with Crippen LogP contribution in [0.15, 0.2) is 12.2 Å². The van der Waals surface area contributed by atoms with Gasteiger partial charge in [0.05, 0.1) is 0 Å². The number of carboxylic acid groups (broad SMARTS) is 2. The number of rotatable bonds is 4. The van der Waals surface area contributed by atoms with E-state index < -0.39 is 29.1 Å². The SMILES string of the molecule is C=C(C(=O)O)C(C)C(C)(F)C(=O)O. The third kappa shape index (κ3) is 2.27. The van der Waals surface area contributed by atoms with Crippen LogP contribution in [0.25, 0.3) is 0 Å². The van der Waals surface area contributed by atoms with Crippen molar-refractivity contribution in [3.63, 3.8) is 0 Å². The van der Waals surface area contributed by atoms with Gasteiger partial charge in [-0.05, 0) is 6.92 Å². The molecule has 0 radical (unpaired) electrons. The summed E-state index contributed by atoms with van der Waals surface area (Å²) in [6.07, 6.45) is 0. The van der Waals surface area contributed by atoms with E-state index >= 15 is 0 Å². The fourth-order valence-corrected chi connectivity index (χ4v) is 0.698. The Bertz CT molecular complexity index is 257. The molecule has 0 saturated carbocycles. The molecule has 0 amide bonds. The summed E-state index contributed by atoms with van der Waals surface area (Å²) < 4.78 is 13.3. The van der Waals surface area contributed by atoms with Crippen LogP contribution in [0.3, 0.4) is 0 Å². The second-order valence-corrected chi connectivity index (χ2v) is 2.93. The molecular weight excluding hydrogens is 179 g/mol. The van der Waals surface area contributed by atoms with E-state index in [0.717, 1.165) is 6.92 Å². The fraction of sp³-hybridized carbons (Fsp3) is 0.500. The number of hydrogen-bond donors (Lipinski definition) is 2. The van der Waals surface area contributed by atoms with Gasteiger partial charge in [-0.3, -0.25) is 0 Å². The van der Waals surface area contributed by atoms with Crippen LogP contribution in [0, 0.1) is 5.92 Å². The van der Waals surface area contributed by atoms with Crippen LogP contribution in [0.2, 0.25) is 0 Å². The molecule has 0 aromatic rings. The Morgan fingerprint density at radius 2 is 1.85 bits per heavy atom. The Hall–Kier alpha value is -1.39. The number of alkyl halides is 1. The van der Waals surface area contributed by atoms with Crippen molar-refractivity contribution in [1.29, 1.82) is 0 Å². The topological polar surface area (TPSA) is 74.6 Å². The summed E-state index contributed by atoms with van der Waals surface area (Å²) in [7, 11) is 0. The summed E-state index contributed by atoms with van der Waals surface area (Å²) in [5, 5.41) is 16.9. The lowest BCUT2D eigenvalue weighted by atomic mass is 9.87. The van der Waals surface area contributed by atoms with Crippen LogP contribution in [0.4, 0.5) is 4.39 Å². The molecule has 74 valence electrons. The van der Waals surface area contributed by atoms with Gasteiger partial charge in [-0.15, -0.1) is 0 Å². The molecular formula is C8H11FO4. The molecule has 2 atom stereocenters. The summed E-state index contributed by atoms with van der Waals surface area (Å²) in [5.41, 5.74) is -3.05. The molecule has 0 aliphatic carbocycles. The van der Waals surface area contributed by atoms with Crippen LogP contribution in [0.5, 0.6) is 0 Å². The highest BCUT2D eigenvalue weighted by Crippen LogP contribution is 2.27. The summed E-state index contributed by atoms with van der Waals surface area (Å²) in [6.45, 7) is 5.08. The smallest absolute Gasteiger partial charge is 0.341 e. The van der Waals surface area contributed by atoms with Crippen LogP contribution in [-0.4, -0.2) is 27.8 Å². The Balaban J connectivity index is 4.79. The van der Waals surface area contributed by atoms with Gasteiger partial charge in [0.2, 0.25) is 5.67 Å². The lowest BCUT2D eigenvalue weighted by Gasteiger charge is -2.22. The zero-order valence-corrected chi connectivity index (χ0v) is 7.37. The first-order chi connectivity index (χ1) is 5.71. The minimum Gasteiger partial charge on any atom is -0.479 e. The van der Waals surface area contributed by atoms with Crippen LogP contribution >= 0.6 is 0 Å². The Labute approximate surface area is 74.7 Å². The summed E-state index contributed by atoms with van der Waals surface area (Å²) in [6, 6.07) is 0. The van der Waals surface area contributed by atoms with Gasteiger partial charge in [0, 0.05) is 11.5 Å². The maximum Gasteiger partial charge on any atom is 0.341 e. The van der Waals surface area contributed by atoms with Crippen LogP contribution in [0.1, 0.15) is 13.8 Å². The maximum absolute atomic E-state index is 13.3. The van der Waals surface area contributed by atoms with Crippen molar-refractivity contribution in [3.8, 4) is 0 Å². The fourth-order valence-electron chi connectivity index (χ4n) is 0.698. The molecule has 5 heteroatoms. The second-order valence-electron chi connectivity index (χ2n) is 2.93. The zero-order valence-electron chi connectivity index (χ0n) is 7.37. The predicted octanol–water partition coefficient (Wildman–Crippen LogP) is 1.08. The molecule has 13 heavy (non-hydrogen) atoms. The van der Waals surface area contributed by atoms with E-state index in [0.29, 0.717) is 0 Å². The molecule has 4 nitrogen and oxygen atoms in total. The first kappa shape index (κ1) is 11.6. The monoisotopic (exact) mass is 190 g/mol. The van der Waals surface area contributed by atoms with Gasteiger partial charge in [-0.1, -0.05) is 13.5 Å². The third-order valence-electron chi connectivity index (χ3n) is 2.03. The van der Waals surface area contributed by atoms with Crippen molar-refractivity contribution in [3.05, 3.63) is 12.2 Å². The van der Waals surface area contributed by atoms with Crippen LogP contribution < -0.4 is 0 Å². The molecule has 0 spiro atoms. The van der Waals surface area contributed by atoms with Gasteiger partial charge in [-0.2, -0.15) is 0 Å². The molecule has 0 aliphatic heterocycles. The number of aliphatic carboxylic acids is 2. The molecule has 0 aromatic heterocycles. The normalized spacial score (nSPS) is 17.2. The molecule has 0 heterocycles. The van der Waals surface area contributed by atoms with Crippen molar-refractivity contribution in [2.75, 3.05) is 0 Å². The van der Waals surface area contributed by atoms with Crippen molar-refractivity contribution < 1.29 is 24.2 Å². The quantitative estimate of drug-likeness (QED) is 0.650. The van der Waals surface area contributed by atoms with E-state index in [4.69, 9.17) is 10.2 Å². The Morgan fingerprint density at radius 3 is 2.08 bits per heavy atom. The Kier molecular flexibility index (Phi) is 3.17. The van der Waals surface area contributed by atoms with Gasteiger partial charge in [-0.25, -0.2) is 14.0 Å². The molecule has 2 unspecified atom stereocenters. The van der Waals surface area contributed by atoms with E-state index in [9.17, 15) is 14.0 Å². The van der Waals surface area contributed by atoms with Crippen molar-refractivity contribution in [2.45, 2.75) is 19.5 Å². The molecule has 0 bridgehead atoms. The van der Waals surface area contributed by atoms with E-state index in [1.807, 2.05) is 0 Å². The minimum atomic E-state index is -2.60. The first-order valence-electron chi connectivity index (χ1n) is 3.55. The van der Waals surface area contributed by atoms with Crippen LogP contribution in [-0.2, 0) is 9.59 Å². The van der Waals surface area contributed by atoms with Crippen molar-refractivity contribution >= 4 is 11.9 Å². The van der Waals surface area contributed by atoms with Gasteiger partial charge in [0.1, 0.15) is 0 Å². The van der Waals surface area contributed by atoms with Gasteiger partial charge >= 0.3 is 11.9 Å². The lowest BCUT2D eigenvalue weighted by molar-refractivity contribution is -0.152. The maximum atomic E-state index is 13.3. The average Bonchev–Trinajstić information content (AvgIpc) is 2.01. The largest absolute Gasteiger partial charge is 0.479 e. The van der Waals surface area contributed by atoms with Gasteiger partial charge in [0.15, 0.2) is 0 Å². The molecule has 0 fully saturated rings. The standard InChI is InChI=1S/C8H11FO4/c1-4(6(10)11)5(2)8(3,9)7(12)13/h5H,1H2,2-3H3,(H,10,11)(H,12,13). The highest BCUT2D eigenvalue weighted by Gasteiger charge is 2.42. The van der Waals surface area contributed by atoms with E-state index in [-0.39, 0.29) is 0 Å². The Morgan fingerprint density at radius 1 is 1.46 bits per heavy atom. The molecule has 0 aromatic carbocycles. The lowest BCUT2D eigenvalue weighted by Crippen LogP contribution is -2.39. The highest BCUT2D eigenvalue weighted by molar-refractivity contribution is 5.89. The van der Waals surface area contributed by atoms with Gasteiger partial charge < -0.3 is 10.2 Å². The van der Waals surface area contributed by atoms with Gasteiger partial charge in [0.25, 0.3) is 0 Å². The number of hydrogen-bond acceptors (Lipinski definition) is 2. The molecule has 0 saturated heterocycles. The highest BCUT2D eigenvalue weighted by atomic mass is 19.1. The van der Waals surface area contributed by atoms with Crippen molar-refractivity contribution in [2.24, 2.45) is 5.92 Å². The average molecular weight is 190 g/mol. The first-order valence-corrected chi connectivity index (χ1v) is 3.55. The molecule has 2 N–H and O–H groups in total. The third-order valence-corrected chi connectivity index (χ3v) is 2.03. The molecule has 0 rings (SSSR count). The number of halogens is 1. The predicted molar refractivity (Wildman–Crippen MR) is 43.1 cm³/mol. The molecule has 0 aliphatic rings. The number of carbonyl (C=O) groups is 2. The van der Waals surface area contributed by atoms with Crippen molar-refractivity contribution in [1.82, 2.24) is 0 Å². The summed E-state index contributed by atoms with van der Waals surface area (Å²) in [4.78, 5) is 20.7. The second kappa shape index (κ2) is 3.55. The minimum absolute atomic E-state index is 0.451. The number of carboxylic acids is 2. The summed E-state index contributed by atoms with van der Waals surface area (Å²) in [5.74, 6) is -4.34. The van der Waals surface area contributed by atoms with E-state index in [2.05, 4.69) is 6.58 Å². The summed E-state index contributed by atoms with van der Waals surface area (Å²) >= 11 is 0. The zero-order chi connectivity index (χ0) is 10.8. The van der Waals surface area contributed by atoms with E-state index in [1.54, 1.807) is 0 Å².